The molecule has 124 valence electrons. The van der Waals surface area contributed by atoms with E-state index < -0.39 is 0 Å². The number of para-hydroxylation sites is 2. The summed E-state index contributed by atoms with van der Waals surface area (Å²) in [4.78, 5) is 8.82. The summed E-state index contributed by atoms with van der Waals surface area (Å²) in [5.41, 5.74) is 1.79. The zero-order valence-electron chi connectivity index (χ0n) is 13.4. The minimum Gasteiger partial charge on any atom is -0.485 e. The summed E-state index contributed by atoms with van der Waals surface area (Å²) in [6.07, 6.45) is 3.08. The average molecular weight is 334 g/mol. The van der Waals surface area contributed by atoms with Gasteiger partial charge in [-0.05, 0) is 24.3 Å². The van der Waals surface area contributed by atoms with Crippen molar-refractivity contribution < 1.29 is 9.47 Å². The molecule has 0 unspecified atom stereocenters. The van der Waals surface area contributed by atoms with E-state index >= 15 is 0 Å². The van der Waals surface area contributed by atoms with Crippen LogP contribution in [0, 0.1) is 0 Å². The van der Waals surface area contributed by atoms with Crippen molar-refractivity contribution in [2.45, 2.75) is 6.10 Å². The molecule has 1 aliphatic heterocycles. The van der Waals surface area contributed by atoms with Crippen molar-refractivity contribution in [2.24, 2.45) is 7.05 Å². The second kappa shape index (κ2) is 5.30. The molecule has 0 radical (unpaired) electrons. The van der Waals surface area contributed by atoms with Gasteiger partial charge in [0.1, 0.15) is 6.61 Å². The van der Waals surface area contributed by atoms with Gasteiger partial charge in [0.2, 0.25) is 0 Å². The van der Waals surface area contributed by atoms with E-state index in [-0.39, 0.29) is 6.10 Å². The van der Waals surface area contributed by atoms with E-state index in [9.17, 15) is 0 Å². The Morgan fingerprint density at radius 1 is 1.04 bits per heavy atom. The molecule has 0 saturated heterocycles. The summed E-state index contributed by atoms with van der Waals surface area (Å²) in [6, 6.07) is 11.4. The molecule has 8 nitrogen and oxygen atoms in total. The summed E-state index contributed by atoms with van der Waals surface area (Å²) < 4.78 is 15.2. The highest BCUT2D eigenvalue weighted by Crippen LogP contribution is 2.35. The average Bonchev–Trinajstić information content (AvgIpc) is 3.27. The Bertz CT molecular complexity index is 1070. The maximum absolute atomic E-state index is 5.99. The Morgan fingerprint density at radius 2 is 1.88 bits per heavy atom. The zero-order valence-corrected chi connectivity index (χ0v) is 13.4. The number of nitrogens with zero attached hydrogens (tertiary/aromatic N) is 6. The number of hydrogen-bond donors (Lipinski definition) is 0. The highest BCUT2D eigenvalue weighted by Gasteiger charge is 2.27. The van der Waals surface area contributed by atoms with Gasteiger partial charge in [-0.2, -0.15) is 14.6 Å². The molecule has 5 rings (SSSR count). The summed E-state index contributed by atoms with van der Waals surface area (Å²) in [5.74, 6) is 2.47. The molecule has 1 aliphatic rings. The number of aromatic nitrogens is 6. The molecule has 1 atom stereocenters. The summed E-state index contributed by atoms with van der Waals surface area (Å²) >= 11 is 0. The lowest BCUT2D eigenvalue weighted by Crippen LogP contribution is -2.22. The number of fused-ring (bicyclic) bond motifs is 2. The van der Waals surface area contributed by atoms with E-state index in [1.165, 1.54) is 0 Å². The van der Waals surface area contributed by atoms with Crippen LogP contribution in [-0.4, -0.2) is 36.0 Å². The van der Waals surface area contributed by atoms with E-state index in [2.05, 4.69) is 20.2 Å². The predicted molar refractivity (Wildman–Crippen MR) is 88.3 cm³/mol. The first-order valence-corrected chi connectivity index (χ1v) is 7.88. The molecular weight excluding hydrogens is 320 g/mol. The third kappa shape index (κ3) is 2.22. The van der Waals surface area contributed by atoms with Crippen LogP contribution in [0.1, 0.15) is 11.9 Å². The fourth-order valence-electron chi connectivity index (χ4n) is 2.91. The molecular formula is C17H14N6O2. The fourth-order valence-corrected chi connectivity index (χ4v) is 2.91. The van der Waals surface area contributed by atoms with Gasteiger partial charge in [0.05, 0.1) is 11.4 Å². The lowest BCUT2D eigenvalue weighted by molar-refractivity contribution is 0.0852. The van der Waals surface area contributed by atoms with Gasteiger partial charge < -0.3 is 9.47 Å². The highest BCUT2D eigenvalue weighted by molar-refractivity contribution is 5.57. The molecule has 0 N–H and O–H groups in total. The molecule has 0 saturated carbocycles. The molecule has 1 aromatic carbocycles. The zero-order chi connectivity index (χ0) is 16.8. The third-order valence-electron chi connectivity index (χ3n) is 4.14. The van der Waals surface area contributed by atoms with E-state index in [1.54, 1.807) is 21.6 Å². The Morgan fingerprint density at radius 3 is 2.72 bits per heavy atom. The van der Waals surface area contributed by atoms with Crippen LogP contribution in [0.3, 0.4) is 0 Å². The maximum Gasteiger partial charge on any atom is 0.253 e. The molecule has 4 heterocycles. The van der Waals surface area contributed by atoms with Crippen LogP contribution in [0.25, 0.3) is 17.2 Å². The molecule has 4 aromatic rings. The predicted octanol–water partition coefficient (Wildman–Crippen LogP) is 2.04. The van der Waals surface area contributed by atoms with Gasteiger partial charge >= 0.3 is 0 Å². The van der Waals surface area contributed by atoms with Crippen molar-refractivity contribution in [1.82, 2.24) is 29.4 Å². The first-order chi connectivity index (χ1) is 12.3. The first kappa shape index (κ1) is 14.0. The lowest BCUT2D eigenvalue weighted by atomic mass is 10.2. The first-order valence-electron chi connectivity index (χ1n) is 7.88. The van der Waals surface area contributed by atoms with Crippen LogP contribution in [0.15, 0.2) is 48.8 Å². The van der Waals surface area contributed by atoms with Gasteiger partial charge in [0.15, 0.2) is 23.4 Å². The van der Waals surface area contributed by atoms with Crippen molar-refractivity contribution in [2.75, 3.05) is 6.61 Å². The second-order valence-corrected chi connectivity index (χ2v) is 5.72. The summed E-state index contributed by atoms with van der Waals surface area (Å²) in [5, 5.41) is 8.81. The molecule has 0 bridgehead atoms. The Labute approximate surface area is 142 Å². The van der Waals surface area contributed by atoms with E-state index in [4.69, 9.17) is 9.47 Å². The monoisotopic (exact) mass is 334 g/mol. The summed E-state index contributed by atoms with van der Waals surface area (Å²) in [6.45, 7) is 0.356. The van der Waals surface area contributed by atoms with Crippen molar-refractivity contribution in [3.63, 3.8) is 0 Å². The van der Waals surface area contributed by atoms with Crippen molar-refractivity contribution >= 4 is 5.78 Å². The van der Waals surface area contributed by atoms with Crippen LogP contribution in [0.5, 0.6) is 11.5 Å². The number of aryl methyl sites for hydroxylation is 1. The Balaban J connectivity index is 1.57. The Kier molecular flexibility index (Phi) is 2.96. The van der Waals surface area contributed by atoms with E-state index in [0.717, 1.165) is 17.1 Å². The lowest BCUT2D eigenvalue weighted by Gasteiger charge is -2.24. The van der Waals surface area contributed by atoms with E-state index in [0.29, 0.717) is 24.0 Å². The highest BCUT2D eigenvalue weighted by atomic mass is 16.6. The van der Waals surface area contributed by atoms with Gasteiger partial charge in [-0.3, -0.25) is 4.68 Å². The van der Waals surface area contributed by atoms with Crippen LogP contribution in [0.2, 0.25) is 0 Å². The molecule has 0 spiro atoms. The molecule has 0 aliphatic carbocycles. The van der Waals surface area contributed by atoms with Gasteiger partial charge in [-0.15, -0.1) is 5.10 Å². The maximum atomic E-state index is 5.99. The number of benzene rings is 1. The molecule has 8 heteroatoms. The quantitative estimate of drug-likeness (QED) is 0.558. The van der Waals surface area contributed by atoms with Crippen LogP contribution in [0.4, 0.5) is 0 Å². The van der Waals surface area contributed by atoms with Crippen LogP contribution in [-0.2, 0) is 7.05 Å². The fraction of sp³-hybridized carbons (Fsp3) is 0.176. The number of rotatable bonds is 2. The third-order valence-corrected chi connectivity index (χ3v) is 4.14. The largest absolute Gasteiger partial charge is 0.485 e. The molecule has 0 amide bonds. The van der Waals surface area contributed by atoms with Gasteiger partial charge in [0.25, 0.3) is 5.78 Å². The van der Waals surface area contributed by atoms with Crippen molar-refractivity contribution in [3.8, 4) is 22.9 Å². The minimum atomic E-state index is -0.379. The SMILES string of the molecule is Cn1nccc1-c1ccnc2nc([C@H]3COc4ccccc4O3)nn12. The number of hydrogen-bond acceptors (Lipinski definition) is 6. The van der Waals surface area contributed by atoms with Crippen LogP contribution >= 0.6 is 0 Å². The Hall–Kier alpha value is -3.42. The molecule has 25 heavy (non-hydrogen) atoms. The van der Waals surface area contributed by atoms with Gasteiger partial charge in [-0.25, -0.2) is 4.98 Å². The smallest absolute Gasteiger partial charge is 0.253 e. The minimum absolute atomic E-state index is 0.356. The topological polar surface area (TPSA) is 79.4 Å². The molecule has 3 aromatic heterocycles. The summed E-state index contributed by atoms with van der Waals surface area (Å²) in [7, 11) is 1.88. The standard InChI is InChI=1S/C17H14N6O2/c1-22-11(7-9-19-22)12-6-8-18-17-20-16(21-23(12)17)15-10-24-13-4-2-3-5-14(13)25-15/h2-9,15H,10H2,1H3/t15-/m1/s1. The van der Waals surface area contributed by atoms with Gasteiger partial charge in [-0.1, -0.05) is 12.1 Å². The molecule has 0 fully saturated rings. The number of ether oxygens (including phenoxy) is 2. The second-order valence-electron chi connectivity index (χ2n) is 5.72. The normalized spacial score (nSPS) is 16.3. The van der Waals surface area contributed by atoms with Gasteiger partial charge in [0, 0.05) is 19.4 Å². The van der Waals surface area contributed by atoms with E-state index in [1.807, 2.05) is 43.4 Å². The van der Waals surface area contributed by atoms with Crippen molar-refractivity contribution in [1.29, 1.82) is 0 Å². The van der Waals surface area contributed by atoms with Crippen molar-refractivity contribution in [3.05, 3.63) is 54.6 Å². The van der Waals surface area contributed by atoms with Crippen LogP contribution < -0.4 is 9.47 Å².